The zero-order valence-electron chi connectivity index (χ0n) is 16.0. The SMILES string of the molecule is CC(c1nc(-c2cccs2)no1)N1CCN(c2nc(C(C)(C)C)ns2)CC1. The normalized spacial score (nSPS) is 17.4. The lowest BCUT2D eigenvalue weighted by Gasteiger charge is -2.36. The number of hydrogen-bond acceptors (Lipinski definition) is 9. The van der Waals surface area contributed by atoms with Crippen LogP contribution in [0.5, 0.6) is 0 Å². The third-order valence-corrected chi connectivity index (χ3v) is 6.40. The van der Waals surface area contributed by atoms with Gasteiger partial charge in [0.25, 0.3) is 0 Å². The van der Waals surface area contributed by atoms with E-state index in [1.807, 2.05) is 17.5 Å². The first-order chi connectivity index (χ1) is 12.9. The van der Waals surface area contributed by atoms with Gasteiger partial charge < -0.3 is 9.42 Å². The van der Waals surface area contributed by atoms with Gasteiger partial charge in [0.2, 0.25) is 16.8 Å². The molecule has 4 heterocycles. The molecule has 0 N–H and O–H groups in total. The highest BCUT2D eigenvalue weighted by Crippen LogP contribution is 2.29. The van der Waals surface area contributed by atoms with Gasteiger partial charge in [-0.15, -0.1) is 11.3 Å². The third kappa shape index (κ3) is 3.90. The van der Waals surface area contributed by atoms with Crippen LogP contribution in [-0.4, -0.2) is 50.6 Å². The van der Waals surface area contributed by atoms with Gasteiger partial charge in [0.15, 0.2) is 0 Å². The van der Waals surface area contributed by atoms with Crippen molar-refractivity contribution in [3.05, 3.63) is 29.2 Å². The maximum Gasteiger partial charge on any atom is 0.244 e. The van der Waals surface area contributed by atoms with Gasteiger partial charge in [0.05, 0.1) is 10.9 Å². The molecule has 1 atom stereocenters. The van der Waals surface area contributed by atoms with E-state index in [0.717, 1.165) is 42.0 Å². The van der Waals surface area contributed by atoms with Crippen LogP contribution in [0.15, 0.2) is 22.0 Å². The summed E-state index contributed by atoms with van der Waals surface area (Å²) >= 11 is 3.12. The van der Waals surface area contributed by atoms with E-state index in [9.17, 15) is 0 Å². The Balaban J connectivity index is 1.38. The fourth-order valence-electron chi connectivity index (χ4n) is 3.02. The highest BCUT2D eigenvalue weighted by Gasteiger charge is 2.28. The third-order valence-electron chi connectivity index (χ3n) is 4.76. The molecule has 1 fully saturated rings. The highest BCUT2D eigenvalue weighted by atomic mass is 32.1. The van der Waals surface area contributed by atoms with Crippen LogP contribution in [0.2, 0.25) is 0 Å². The molecule has 1 unspecified atom stereocenters. The van der Waals surface area contributed by atoms with Gasteiger partial charge >= 0.3 is 0 Å². The summed E-state index contributed by atoms with van der Waals surface area (Å²) < 4.78 is 10.1. The second-order valence-corrected chi connectivity index (χ2v) is 9.46. The van der Waals surface area contributed by atoms with Crippen molar-refractivity contribution in [1.29, 1.82) is 0 Å². The van der Waals surface area contributed by atoms with E-state index in [4.69, 9.17) is 9.51 Å². The molecule has 4 rings (SSSR count). The van der Waals surface area contributed by atoms with Crippen molar-refractivity contribution in [1.82, 2.24) is 24.4 Å². The zero-order valence-corrected chi connectivity index (χ0v) is 17.7. The molecule has 0 radical (unpaired) electrons. The lowest BCUT2D eigenvalue weighted by molar-refractivity contribution is 0.164. The Morgan fingerprint density at radius 2 is 1.93 bits per heavy atom. The van der Waals surface area contributed by atoms with Crippen molar-refractivity contribution in [3.8, 4) is 10.7 Å². The molecule has 144 valence electrons. The number of piperazine rings is 1. The van der Waals surface area contributed by atoms with Crippen LogP contribution >= 0.6 is 22.9 Å². The minimum Gasteiger partial charge on any atom is -0.344 e. The number of aromatic nitrogens is 4. The predicted molar refractivity (Wildman–Crippen MR) is 108 cm³/mol. The molecule has 3 aromatic rings. The van der Waals surface area contributed by atoms with Crippen molar-refractivity contribution in [2.45, 2.75) is 39.2 Å². The van der Waals surface area contributed by atoms with Crippen LogP contribution in [0.1, 0.15) is 45.5 Å². The van der Waals surface area contributed by atoms with E-state index in [-0.39, 0.29) is 11.5 Å². The van der Waals surface area contributed by atoms with Crippen molar-refractivity contribution < 1.29 is 4.52 Å². The predicted octanol–water partition coefficient (Wildman–Crippen LogP) is 3.83. The molecule has 7 nitrogen and oxygen atoms in total. The average molecular weight is 405 g/mol. The minimum atomic E-state index is -0.0106. The van der Waals surface area contributed by atoms with E-state index in [0.29, 0.717) is 11.7 Å². The Bertz CT molecular complexity index is 874. The molecule has 9 heteroatoms. The fourth-order valence-corrected chi connectivity index (χ4v) is 4.57. The monoisotopic (exact) mass is 404 g/mol. The molecule has 1 aliphatic heterocycles. The lowest BCUT2D eigenvalue weighted by Crippen LogP contribution is -2.47. The first kappa shape index (κ1) is 18.5. The van der Waals surface area contributed by atoms with Crippen molar-refractivity contribution in [2.75, 3.05) is 31.1 Å². The molecule has 0 amide bonds. The standard InChI is InChI=1S/C18H24N6OS2/c1-12(15-19-14(21-25-15)13-6-5-11-26-13)23-7-9-24(10-8-23)17-20-16(22-27-17)18(2,3)4/h5-6,11-12H,7-10H2,1-4H3. The Morgan fingerprint density at radius 1 is 1.15 bits per heavy atom. The van der Waals surface area contributed by atoms with Gasteiger partial charge in [-0.25, -0.2) is 4.98 Å². The minimum absolute atomic E-state index is 0.0106. The van der Waals surface area contributed by atoms with Crippen molar-refractivity contribution >= 4 is 28.0 Å². The first-order valence-corrected chi connectivity index (χ1v) is 10.8. The molecule has 0 bridgehead atoms. The topological polar surface area (TPSA) is 71.2 Å². The quantitative estimate of drug-likeness (QED) is 0.654. The van der Waals surface area contributed by atoms with Gasteiger partial charge in [-0.2, -0.15) is 9.36 Å². The summed E-state index contributed by atoms with van der Waals surface area (Å²) in [5.74, 6) is 2.28. The molecular weight excluding hydrogens is 380 g/mol. The van der Waals surface area contributed by atoms with Crippen LogP contribution in [0.4, 0.5) is 5.13 Å². The maximum atomic E-state index is 5.53. The largest absolute Gasteiger partial charge is 0.344 e. The summed E-state index contributed by atoms with van der Waals surface area (Å²) in [7, 11) is 0. The lowest BCUT2D eigenvalue weighted by atomic mass is 9.96. The van der Waals surface area contributed by atoms with Crippen LogP contribution in [0, 0.1) is 0 Å². The molecular formula is C18H24N6OS2. The van der Waals surface area contributed by atoms with Crippen molar-refractivity contribution in [3.63, 3.8) is 0 Å². The number of thiophene rings is 1. The zero-order chi connectivity index (χ0) is 19.0. The Hall–Kier alpha value is -1.84. The molecule has 0 aliphatic carbocycles. The first-order valence-electron chi connectivity index (χ1n) is 9.12. The number of anilines is 1. The van der Waals surface area contributed by atoms with Gasteiger partial charge in [0, 0.05) is 43.1 Å². The fraction of sp³-hybridized carbons (Fsp3) is 0.556. The van der Waals surface area contributed by atoms with Gasteiger partial charge in [-0.1, -0.05) is 32.0 Å². The molecule has 1 saturated heterocycles. The Kier molecular flexibility index (Phi) is 5.00. The van der Waals surface area contributed by atoms with Crippen LogP contribution in [0.3, 0.4) is 0 Å². The number of hydrogen-bond donors (Lipinski definition) is 0. The van der Waals surface area contributed by atoms with E-state index >= 15 is 0 Å². The molecule has 1 aliphatic rings. The van der Waals surface area contributed by atoms with Crippen LogP contribution in [-0.2, 0) is 5.41 Å². The second kappa shape index (κ2) is 7.29. The number of rotatable bonds is 4. The van der Waals surface area contributed by atoms with Crippen molar-refractivity contribution in [2.24, 2.45) is 0 Å². The molecule has 0 spiro atoms. The summed E-state index contributed by atoms with van der Waals surface area (Å²) in [5, 5.41) is 7.17. The smallest absolute Gasteiger partial charge is 0.244 e. The number of nitrogens with zero attached hydrogens (tertiary/aromatic N) is 6. The van der Waals surface area contributed by atoms with Crippen LogP contribution in [0.25, 0.3) is 10.7 Å². The summed E-state index contributed by atoms with van der Waals surface area (Å²) in [6, 6.07) is 4.11. The van der Waals surface area contributed by atoms with Gasteiger partial charge in [-0.3, -0.25) is 4.90 Å². The summed E-state index contributed by atoms with van der Waals surface area (Å²) in [6.45, 7) is 12.3. The molecule has 0 saturated carbocycles. The van der Waals surface area contributed by atoms with E-state index in [1.54, 1.807) is 11.3 Å². The van der Waals surface area contributed by atoms with E-state index in [1.165, 1.54) is 11.5 Å². The Labute approximate surface area is 167 Å². The molecule has 27 heavy (non-hydrogen) atoms. The van der Waals surface area contributed by atoms with Gasteiger partial charge in [-0.05, 0) is 18.4 Å². The maximum absolute atomic E-state index is 5.53. The summed E-state index contributed by atoms with van der Waals surface area (Å²) in [6.07, 6.45) is 0. The van der Waals surface area contributed by atoms with E-state index < -0.39 is 0 Å². The molecule has 0 aromatic carbocycles. The molecule has 3 aromatic heterocycles. The highest BCUT2D eigenvalue weighted by molar-refractivity contribution is 7.13. The second-order valence-electron chi connectivity index (χ2n) is 7.78. The summed E-state index contributed by atoms with van der Waals surface area (Å²) in [5.41, 5.74) is -0.0106. The van der Waals surface area contributed by atoms with Crippen LogP contribution < -0.4 is 4.90 Å². The Morgan fingerprint density at radius 3 is 2.56 bits per heavy atom. The van der Waals surface area contributed by atoms with Gasteiger partial charge in [0.1, 0.15) is 5.82 Å². The average Bonchev–Trinajstić information content (AvgIpc) is 3.41. The van der Waals surface area contributed by atoms with E-state index in [2.05, 4.69) is 52.0 Å². The summed E-state index contributed by atoms with van der Waals surface area (Å²) in [4.78, 5) is 15.1.